The summed E-state index contributed by atoms with van der Waals surface area (Å²) >= 11 is 5.84. The van der Waals surface area contributed by atoms with Gasteiger partial charge in [-0.05, 0) is 38.7 Å². The fourth-order valence-electron chi connectivity index (χ4n) is 1.69. The molecule has 0 aliphatic carbocycles. The summed E-state index contributed by atoms with van der Waals surface area (Å²) in [6.45, 7) is 10.3. The third-order valence-corrected chi connectivity index (χ3v) is 3.13. The molecule has 0 radical (unpaired) electrons. The molecule has 0 fully saturated rings. The quantitative estimate of drug-likeness (QED) is 0.680. The van der Waals surface area contributed by atoms with E-state index >= 15 is 0 Å². The number of unbranched alkanes of at least 4 members (excludes halogenated alkanes) is 2. The molecule has 0 aliphatic rings. The fraction of sp³-hybridized carbons (Fsp3) is 0.800. The lowest BCUT2D eigenvalue weighted by Crippen LogP contribution is -2.34. The third kappa shape index (κ3) is 9.83. The van der Waals surface area contributed by atoms with Crippen molar-refractivity contribution in [2.75, 3.05) is 6.54 Å². The van der Waals surface area contributed by atoms with Crippen LogP contribution >= 0.6 is 11.6 Å². The summed E-state index contributed by atoms with van der Waals surface area (Å²) in [6, 6.07) is 0. The molecule has 4 heteroatoms. The van der Waals surface area contributed by atoms with Crippen LogP contribution < -0.4 is 5.32 Å². The molecule has 0 aliphatic heterocycles. The van der Waals surface area contributed by atoms with Gasteiger partial charge in [0.05, 0.1) is 0 Å². The molecule has 3 nitrogen and oxygen atoms in total. The second-order valence-electron chi connectivity index (χ2n) is 5.94. The molecule has 1 atom stereocenters. The average Bonchev–Trinajstić information content (AvgIpc) is 2.27. The van der Waals surface area contributed by atoms with Crippen molar-refractivity contribution in [3.8, 4) is 0 Å². The van der Waals surface area contributed by atoms with Crippen molar-refractivity contribution in [3.05, 3.63) is 11.1 Å². The van der Waals surface area contributed by atoms with E-state index in [1.165, 1.54) is 19.3 Å². The van der Waals surface area contributed by atoms with Crippen LogP contribution in [-0.4, -0.2) is 18.2 Å². The van der Waals surface area contributed by atoms with Crippen LogP contribution in [0.5, 0.6) is 0 Å². The molecule has 0 rings (SSSR count). The fourth-order valence-corrected chi connectivity index (χ4v) is 1.99. The minimum absolute atomic E-state index is 0.388. The number of carbonyl (C=O) groups excluding carboxylic acids is 1. The first kappa shape index (κ1) is 18.3. The van der Waals surface area contributed by atoms with E-state index < -0.39 is 11.7 Å². The van der Waals surface area contributed by atoms with Gasteiger partial charge in [-0.2, -0.15) is 0 Å². The molecule has 0 aromatic rings. The summed E-state index contributed by atoms with van der Waals surface area (Å²) in [4.78, 5) is 11.6. The highest BCUT2D eigenvalue weighted by Crippen LogP contribution is 2.18. The molecule has 112 valence electrons. The number of alkyl carbamates (subject to hydrolysis) is 1. The Morgan fingerprint density at radius 3 is 2.47 bits per heavy atom. The normalized spacial score (nSPS) is 14.1. The van der Waals surface area contributed by atoms with E-state index in [9.17, 15) is 4.79 Å². The molecular formula is C15H28ClNO2. The van der Waals surface area contributed by atoms with Crippen LogP contribution in [0.4, 0.5) is 4.79 Å². The van der Waals surface area contributed by atoms with Gasteiger partial charge in [-0.15, -0.1) is 0 Å². The lowest BCUT2D eigenvalue weighted by Gasteiger charge is -2.21. The van der Waals surface area contributed by atoms with Gasteiger partial charge in [-0.25, -0.2) is 4.79 Å². The van der Waals surface area contributed by atoms with Crippen LogP contribution in [0, 0.1) is 5.92 Å². The molecule has 1 unspecified atom stereocenters. The summed E-state index contributed by atoms with van der Waals surface area (Å²) in [7, 11) is 0. The van der Waals surface area contributed by atoms with Gasteiger partial charge in [-0.3, -0.25) is 0 Å². The molecule has 1 amide bonds. The third-order valence-electron chi connectivity index (χ3n) is 2.85. The number of nitrogens with one attached hydrogen (secondary N) is 1. The Balaban J connectivity index is 4.10. The Kier molecular flexibility index (Phi) is 8.90. The van der Waals surface area contributed by atoms with Crippen molar-refractivity contribution >= 4 is 17.7 Å². The maximum Gasteiger partial charge on any atom is 0.407 e. The van der Waals surface area contributed by atoms with E-state index in [1.807, 2.05) is 20.8 Å². The van der Waals surface area contributed by atoms with Gasteiger partial charge in [0.15, 0.2) is 0 Å². The Hall–Kier alpha value is -0.700. The zero-order chi connectivity index (χ0) is 14.9. The van der Waals surface area contributed by atoms with Crippen molar-refractivity contribution < 1.29 is 9.53 Å². The maximum absolute atomic E-state index is 11.6. The molecule has 0 saturated heterocycles. The van der Waals surface area contributed by atoms with Crippen molar-refractivity contribution in [1.82, 2.24) is 5.32 Å². The molecule has 0 spiro atoms. The molecular weight excluding hydrogens is 262 g/mol. The number of halogens is 1. The Morgan fingerprint density at radius 2 is 2.00 bits per heavy atom. The molecule has 0 saturated carbocycles. The molecule has 19 heavy (non-hydrogen) atoms. The van der Waals surface area contributed by atoms with Crippen LogP contribution in [0.15, 0.2) is 11.1 Å². The summed E-state index contributed by atoms with van der Waals surface area (Å²) in [5.74, 6) is 0.388. The smallest absolute Gasteiger partial charge is 0.407 e. The molecule has 1 N–H and O–H groups in total. The van der Waals surface area contributed by atoms with E-state index in [-0.39, 0.29) is 0 Å². The SMILES string of the molecule is CCCCCC(C)C(=CCl)CNC(=O)OC(C)(C)C. The number of rotatable bonds is 7. The number of amides is 1. The maximum atomic E-state index is 11.6. The molecule has 0 aromatic heterocycles. The van der Waals surface area contributed by atoms with E-state index in [0.717, 1.165) is 12.0 Å². The van der Waals surface area contributed by atoms with Crippen molar-refractivity contribution in [2.45, 2.75) is 65.9 Å². The highest BCUT2D eigenvalue weighted by Gasteiger charge is 2.17. The van der Waals surface area contributed by atoms with E-state index in [1.54, 1.807) is 5.54 Å². The Labute approximate surface area is 122 Å². The minimum Gasteiger partial charge on any atom is -0.444 e. The highest BCUT2D eigenvalue weighted by molar-refractivity contribution is 6.25. The van der Waals surface area contributed by atoms with Gasteiger partial charge in [0.25, 0.3) is 0 Å². The standard InChI is InChI=1S/C15H28ClNO2/c1-6-7-8-9-12(2)13(10-16)11-17-14(18)19-15(3,4)5/h10,12H,6-9,11H2,1-5H3,(H,17,18). The van der Waals surface area contributed by atoms with Crippen molar-refractivity contribution in [3.63, 3.8) is 0 Å². The first-order chi connectivity index (χ1) is 8.80. The van der Waals surface area contributed by atoms with E-state index in [0.29, 0.717) is 12.5 Å². The first-order valence-corrected chi connectivity index (χ1v) is 7.49. The predicted octanol–water partition coefficient (Wildman–Crippen LogP) is 4.85. The number of hydrogen-bond donors (Lipinski definition) is 1. The van der Waals surface area contributed by atoms with Gasteiger partial charge in [0.1, 0.15) is 5.60 Å². The summed E-state index contributed by atoms with van der Waals surface area (Å²) in [5.41, 5.74) is 2.15. The van der Waals surface area contributed by atoms with Crippen LogP contribution in [0.25, 0.3) is 0 Å². The van der Waals surface area contributed by atoms with Gasteiger partial charge in [0, 0.05) is 12.1 Å². The largest absolute Gasteiger partial charge is 0.444 e. The number of hydrogen-bond acceptors (Lipinski definition) is 2. The van der Waals surface area contributed by atoms with Gasteiger partial charge in [0.2, 0.25) is 0 Å². The zero-order valence-corrected chi connectivity index (χ0v) is 13.6. The summed E-state index contributed by atoms with van der Waals surface area (Å²) in [6.07, 6.45) is 4.34. The molecule has 0 heterocycles. The highest BCUT2D eigenvalue weighted by atomic mass is 35.5. The van der Waals surface area contributed by atoms with Crippen LogP contribution in [0.1, 0.15) is 60.3 Å². The Bertz CT molecular complexity index is 295. The van der Waals surface area contributed by atoms with E-state index in [4.69, 9.17) is 16.3 Å². The molecule has 0 aromatic carbocycles. The van der Waals surface area contributed by atoms with Crippen LogP contribution in [-0.2, 0) is 4.74 Å². The van der Waals surface area contributed by atoms with Crippen LogP contribution in [0.2, 0.25) is 0 Å². The number of carbonyl (C=O) groups is 1. The van der Waals surface area contributed by atoms with Crippen molar-refractivity contribution in [2.24, 2.45) is 5.92 Å². The minimum atomic E-state index is -0.471. The Morgan fingerprint density at radius 1 is 1.37 bits per heavy atom. The van der Waals surface area contributed by atoms with E-state index in [2.05, 4.69) is 19.2 Å². The topological polar surface area (TPSA) is 38.3 Å². The molecule has 0 bridgehead atoms. The van der Waals surface area contributed by atoms with Crippen molar-refractivity contribution in [1.29, 1.82) is 0 Å². The van der Waals surface area contributed by atoms with Gasteiger partial charge in [-0.1, -0.05) is 44.7 Å². The number of ether oxygens (including phenoxy) is 1. The summed E-state index contributed by atoms with van der Waals surface area (Å²) in [5, 5.41) is 2.75. The van der Waals surface area contributed by atoms with Gasteiger partial charge >= 0.3 is 6.09 Å². The second-order valence-corrected chi connectivity index (χ2v) is 6.15. The predicted molar refractivity (Wildman–Crippen MR) is 81.5 cm³/mol. The lowest BCUT2D eigenvalue weighted by atomic mass is 9.96. The van der Waals surface area contributed by atoms with Gasteiger partial charge < -0.3 is 10.1 Å². The lowest BCUT2D eigenvalue weighted by molar-refractivity contribution is 0.0531. The summed E-state index contributed by atoms with van der Waals surface area (Å²) < 4.78 is 5.19. The first-order valence-electron chi connectivity index (χ1n) is 7.06. The monoisotopic (exact) mass is 289 g/mol. The van der Waals surface area contributed by atoms with Crippen LogP contribution in [0.3, 0.4) is 0 Å². The average molecular weight is 290 g/mol. The zero-order valence-electron chi connectivity index (χ0n) is 12.9. The second kappa shape index (κ2) is 9.24.